The molecular formula is C13H14F3N2O2. The van der Waals surface area contributed by atoms with Crippen molar-refractivity contribution in [2.24, 2.45) is 5.73 Å². The van der Waals surface area contributed by atoms with Crippen molar-refractivity contribution in [3.05, 3.63) is 29.8 Å². The Labute approximate surface area is 114 Å². The molecular weight excluding hydrogens is 273 g/mol. The van der Waals surface area contributed by atoms with Crippen molar-refractivity contribution in [1.82, 2.24) is 5.32 Å². The minimum absolute atomic E-state index is 0.262. The number of primary amides is 1. The largest absolute Gasteiger partial charge is 0.490 e. The highest BCUT2D eigenvalue weighted by molar-refractivity contribution is 5.79. The van der Waals surface area contributed by atoms with E-state index in [1.165, 1.54) is 12.1 Å². The first-order chi connectivity index (χ1) is 9.36. The minimum Gasteiger partial charge on any atom is -0.490 e. The Morgan fingerprint density at radius 2 is 1.95 bits per heavy atom. The first-order valence-corrected chi connectivity index (χ1v) is 6.16. The van der Waals surface area contributed by atoms with Crippen molar-refractivity contribution in [2.75, 3.05) is 6.54 Å². The number of benzene rings is 1. The molecule has 0 aliphatic carbocycles. The molecule has 2 rings (SSSR count). The van der Waals surface area contributed by atoms with E-state index < -0.39 is 23.7 Å². The van der Waals surface area contributed by atoms with Crippen LogP contribution in [-0.2, 0) is 11.0 Å². The summed E-state index contributed by atoms with van der Waals surface area (Å²) < 4.78 is 42.8. The topological polar surface area (TPSA) is 66.4 Å². The van der Waals surface area contributed by atoms with Gasteiger partial charge >= 0.3 is 6.18 Å². The summed E-state index contributed by atoms with van der Waals surface area (Å²) in [7, 11) is 0. The van der Waals surface area contributed by atoms with Crippen LogP contribution >= 0.6 is 0 Å². The van der Waals surface area contributed by atoms with Crippen LogP contribution < -0.4 is 15.8 Å². The molecule has 109 valence electrons. The van der Waals surface area contributed by atoms with E-state index in [2.05, 4.69) is 5.32 Å². The highest BCUT2D eigenvalue weighted by Gasteiger charge is 2.31. The molecule has 0 saturated carbocycles. The molecule has 2 atom stereocenters. The van der Waals surface area contributed by atoms with Gasteiger partial charge in [-0.15, -0.1) is 0 Å². The first-order valence-electron chi connectivity index (χ1n) is 6.16. The Balaban J connectivity index is 1.98. The number of rotatable bonds is 3. The van der Waals surface area contributed by atoms with Crippen molar-refractivity contribution in [3.8, 4) is 5.75 Å². The second kappa shape index (κ2) is 5.70. The molecule has 1 saturated heterocycles. The highest BCUT2D eigenvalue weighted by atomic mass is 19.4. The van der Waals surface area contributed by atoms with Gasteiger partial charge in [-0.25, -0.2) is 5.32 Å². The molecule has 1 heterocycles. The third-order valence-corrected chi connectivity index (χ3v) is 3.10. The third kappa shape index (κ3) is 3.63. The van der Waals surface area contributed by atoms with E-state index in [1.54, 1.807) is 0 Å². The number of hydrogen-bond acceptors (Lipinski definition) is 2. The smallest absolute Gasteiger partial charge is 0.416 e. The van der Waals surface area contributed by atoms with Gasteiger partial charge in [0.15, 0.2) is 0 Å². The number of piperidine rings is 1. The third-order valence-electron chi connectivity index (χ3n) is 3.10. The molecule has 0 spiro atoms. The van der Waals surface area contributed by atoms with Crippen molar-refractivity contribution >= 4 is 5.91 Å². The number of halogens is 3. The molecule has 1 aromatic carbocycles. The number of hydrogen-bond donors (Lipinski definition) is 1. The van der Waals surface area contributed by atoms with E-state index in [-0.39, 0.29) is 6.10 Å². The number of nitrogens with two attached hydrogens (primary N) is 1. The highest BCUT2D eigenvalue weighted by Crippen LogP contribution is 2.30. The van der Waals surface area contributed by atoms with Gasteiger partial charge in [-0.1, -0.05) is 0 Å². The average Bonchev–Trinajstić information content (AvgIpc) is 2.38. The fourth-order valence-electron chi connectivity index (χ4n) is 2.04. The van der Waals surface area contributed by atoms with Crippen molar-refractivity contribution in [1.29, 1.82) is 0 Å². The molecule has 0 bridgehead atoms. The van der Waals surface area contributed by atoms with Crippen LogP contribution in [-0.4, -0.2) is 24.6 Å². The number of alkyl halides is 3. The monoisotopic (exact) mass is 287 g/mol. The predicted octanol–water partition coefficient (Wildman–Crippen LogP) is 1.70. The van der Waals surface area contributed by atoms with Crippen LogP contribution in [0.4, 0.5) is 13.2 Å². The average molecular weight is 287 g/mol. The predicted molar refractivity (Wildman–Crippen MR) is 65.1 cm³/mol. The first kappa shape index (κ1) is 14.6. The summed E-state index contributed by atoms with van der Waals surface area (Å²) in [6, 6.07) is 3.90. The molecule has 1 aliphatic rings. The van der Waals surface area contributed by atoms with Crippen LogP contribution in [0.5, 0.6) is 5.75 Å². The van der Waals surface area contributed by atoms with Crippen LogP contribution in [0.3, 0.4) is 0 Å². The van der Waals surface area contributed by atoms with Crippen LogP contribution in [0.15, 0.2) is 24.3 Å². The van der Waals surface area contributed by atoms with Gasteiger partial charge in [0.25, 0.3) is 0 Å². The zero-order valence-electron chi connectivity index (χ0n) is 10.6. The van der Waals surface area contributed by atoms with Gasteiger partial charge < -0.3 is 10.5 Å². The Morgan fingerprint density at radius 3 is 2.50 bits per heavy atom. The molecule has 7 heteroatoms. The molecule has 20 heavy (non-hydrogen) atoms. The zero-order valence-corrected chi connectivity index (χ0v) is 10.6. The lowest BCUT2D eigenvalue weighted by Crippen LogP contribution is -2.45. The van der Waals surface area contributed by atoms with Gasteiger partial charge in [-0.3, -0.25) is 4.79 Å². The lowest BCUT2D eigenvalue weighted by atomic mass is 10.0. The fraction of sp³-hybridized carbons (Fsp3) is 0.462. The lowest BCUT2D eigenvalue weighted by Gasteiger charge is -2.27. The van der Waals surface area contributed by atoms with Gasteiger partial charge in [0.2, 0.25) is 5.91 Å². The second-order valence-electron chi connectivity index (χ2n) is 4.61. The molecule has 0 aromatic heterocycles. The Bertz CT molecular complexity index is 473. The normalized spacial score (nSPS) is 23.4. The van der Waals surface area contributed by atoms with E-state index in [4.69, 9.17) is 10.5 Å². The number of amides is 1. The maximum atomic E-state index is 12.4. The fourth-order valence-corrected chi connectivity index (χ4v) is 2.04. The quantitative estimate of drug-likeness (QED) is 0.919. The summed E-state index contributed by atoms with van der Waals surface area (Å²) in [5.41, 5.74) is 4.45. The SMILES string of the molecule is NC(=O)C1CC(Oc2ccc(C(F)(F)F)cc2)CC[N]1. The van der Waals surface area contributed by atoms with Crippen molar-refractivity contribution in [3.63, 3.8) is 0 Å². The van der Waals surface area contributed by atoms with Crippen LogP contribution in [0.25, 0.3) is 0 Å². The molecule has 1 radical (unpaired) electrons. The molecule has 1 aliphatic heterocycles. The molecule has 1 fully saturated rings. The van der Waals surface area contributed by atoms with Crippen LogP contribution in [0, 0.1) is 0 Å². The maximum Gasteiger partial charge on any atom is 0.416 e. The van der Waals surface area contributed by atoms with Gasteiger partial charge in [-0.2, -0.15) is 13.2 Å². The van der Waals surface area contributed by atoms with Gasteiger partial charge in [0, 0.05) is 13.0 Å². The van der Waals surface area contributed by atoms with Gasteiger partial charge in [0.1, 0.15) is 17.9 Å². The minimum atomic E-state index is -4.36. The maximum absolute atomic E-state index is 12.4. The number of ether oxygens (including phenoxy) is 1. The van der Waals surface area contributed by atoms with E-state index in [9.17, 15) is 18.0 Å². The Hall–Kier alpha value is -1.76. The number of carbonyl (C=O) groups excluding carboxylic acids is 1. The van der Waals surface area contributed by atoms with Crippen LogP contribution in [0.2, 0.25) is 0 Å². The lowest BCUT2D eigenvalue weighted by molar-refractivity contribution is -0.137. The van der Waals surface area contributed by atoms with E-state index in [0.29, 0.717) is 25.1 Å². The second-order valence-corrected chi connectivity index (χ2v) is 4.61. The van der Waals surface area contributed by atoms with Crippen molar-refractivity contribution < 1.29 is 22.7 Å². The molecule has 1 aromatic rings. The van der Waals surface area contributed by atoms with Gasteiger partial charge in [-0.05, 0) is 30.7 Å². The number of carbonyl (C=O) groups is 1. The standard InChI is InChI=1S/C13H14F3N2O2/c14-13(15,16)8-1-3-9(4-2-8)20-10-5-6-18-11(7-10)12(17)19/h1-4,10-11H,5-7H2,(H2,17,19). The molecule has 4 nitrogen and oxygen atoms in total. The summed E-state index contributed by atoms with van der Waals surface area (Å²) in [5, 5.41) is 4.06. The van der Waals surface area contributed by atoms with E-state index >= 15 is 0 Å². The summed E-state index contributed by atoms with van der Waals surface area (Å²) in [5.74, 6) is -0.168. The summed E-state index contributed by atoms with van der Waals surface area (Å²) in [6.45, 7) is 0.457. The number of nitrogens with zero attached hydrogens (tertiary/aromatic N) is 1. The zero-order chi connectivity index (χ0) is 14.8. The van der Waals surface area contributed by atoms with E-state index in [0.717, 1.165) is 12.1 Å². The summed E-state index contributed by atoms with van der Waals surface area (Å²) >= 11 is 0. The molecule has 2 unspecified atom stereocenters. The van der Waals surface area contributed by atoms with Gasteiger partial charge in [0.05, 0.1) is 5.56 Å². The summed E-state index contributed by atoms with van der Waals surface area (Å²) in [4.78, 5) is 11.1. The van der Waals surface area contributed by atoms with E-state index in [1.807, 2.05) is 0 Å². The molecule has 2 N–H and O–H groups in total. The van der Waals surface area contributed by atoms with Crippen LogP contribution in [0.1, 0.15) is 18.4 Å². The van der Waals surface area contributed by atoms with Crippen molar-refractivity contribution in [2.45, 2.75) is 31.2 Å². The Kier molecular flexibility index (Phi) is 4.17. The Morgan fingerprint density at radius 1 is 1.30 bits per heavy atom. The molecule has 1 amide bonds. The summed E-state index contributed by atoms with van der Waals surface area (Å²) in [6.07, 6.45) is -3.65.